The van der Waals surface area contributed by atoms with Gasteiger partial charge in [-0.2, -0.15) is 0 Å². The van der Waals surface area contributed by atoms with Gasteiger partial charge in [-0.25, -0.2) is 0 Å². The first kappa shape index (κ1) is 5.19. The summed E-state index contributed by atoms with van der Waals surface area (Å²) in [7, 11) is 0. The summed E-state index contributed by atoms with van der Waals surface area (Å²) < 4.78 is 5.05. The van der Waals surface area contributed by atoms with Gasteiger partial charge in [-0.3, -0.25) is 0 Å². The highest BCUT2D eigenvalue weighted by Crippen LogP contribution is 2.00. The Morgan fingerprint density at radius 3 is 2.14 bits per heavy atom. The molecule has 0 aliphatic carbocycles. The number of hydrogen-bond acceptors (Lipinski definition) is 2. The Morgan fingerprint density at radius 2 is 1.86 bits per heavy atom. The van der Waals surface area contributed by atoms with Gasteiger partial charge < -0.3 is 4.74 Å². The first-order valence-electron chi connectivity index (χ1n) is 2.49. The first-order valence-corrected chi connectivity index (χ1v) is 2.90. The molecular formula is C5H8OS. The van der Waals surface area contributed by atoms with Crippen molar-refractivity contribution in [3.63, 3.8) is 0 Å². The van der Waals surface area contributed by atoms with E-state index < -0.39 is 0 Å². The summed E-state index contributed by atoms with van der Waals surface area (Å²) in [6.07, 6.45) is 1.99. The van der Waals surface area contributed by atoms with E-state index in [-0.39, 0.29) is 0 Å². The predicted octanol–water partition coefficient (Wildman–Crippen LogP) is 1.17. The van der Waals surface area contributed by atoms with Crippen molar-refractivity contribution in [2.45, 2.75) is 12.8 Å². The first-order chi connectivity index (χ1) is 3.39. The molecule has 1 saturated heterocycles. The van der Waals surface area contributed by atoms with E-state index in [0.29, 0.717) is 0 Å². The highest BCUT2D eigenvalue weighted by atomic mass is 32.1. The quantitative estimate of drug-likeness (QED) is 0.439. The Bertz CT molecular complexity index is 72.1. The van der Waals surface area contributed by atoms with E-state index in [0.717, 1.165) is 26.1 Å². The van der Waals surface area contributed by atoms with Crippen molar-refractivity contribution >= 4 is 17.1 Å². The molecular weight excluding hydrogens is 108 g/mol. The van der Waals surface area contributed by atoms with Crippen LogP contribution in [0.15, 0.2) is 0 Å². The molecule has 1 fully saturated rings. The van der Waals surface area contributed by atoms with Gasteiger partial charge in [0.15, 0.2) is 0 Å². The molecule has 1 heterocycles. The third-order valence-corrected chi connectivity index (χ3v) is 1.46. The van der Waals surface area contributed by atoms with Crippen molar-refractivity contribution in [3.8, 4) is 0 Å². The second kappa shape index (κ2) is 2.38. The van der Waals surface area contributed by atoms with Crippen LogP contribution in [0.1, 0.15) is 12.8 Å². The normalized spacial score (nSPS) is 22.6. The topological polar surface area (TPSA) is 9.23 Å². The van der Waals surface area contributed by atoms with Crippen LogP contribution in [0.3, 0.4) is 0 Å². The molecule has 0 saturated carbocycles. The molecule has 0 aromatic carbocycles. The van der Waals surface area contributed by atoms with Crippen LogP contribution in [0, 0.1) is 0 Å². The summed E-state index contributed by atoms with van der Waals surface area (Å²) in [5.41, 5.74) is 0. The number of hydrogen-bond donors (Lipinski definition) is 0. The monoisotopic (exact) mass is 116 g/mol. The van der Waals surface area contributed by atoms with Crippen LogP contribution >= 0.6 is 12.2 Å². The smallest absolute Gasteiger partial charge is 0.0511 e. The maximum atomic E-state index is 5.05. The Morgan fingerprint density at radius 1 is 1.29 bits per heavy atom. The Hall–Kier alpha value is 0.0500. The van der Waals surface area contributed by atoms with Gasteiger partial charge in [0, 0.05) is 12.8 Å². The molecule has 0 bridgehead atoms. The average molecular weight is 116 g/mol. The van der Waals surface area contributed by atoms with Gasteiger partial charge in [0.1, 0.15) is 0 Å². The van der Waals surface area contributed by atoms with E-state index in [4.69, 9.17) is 17.0 Å². The van der Waals surface area contributed by atoms with Crippen LogP contribution < -0.4 is 0 Å². The molecule has 7 heavy (non-hydrogen) atoms. The van der Waals surface area contributed by atoms with Gasteiger partial charge >= 0.3 is 0 Å². The van der Waals surface area contributed by atoms with E-state index in [1.165, 1.54) is 4.86 Å². The fourth-order valence-electron chi connectivity index (χ4n) is 0.599. The SMILES string of the molecule is S=C1CCOCC1. The lowest BCUT2D eigenvalue weighted by Crippen LogP contribution is -2.12. The Kier molecular flexibility index (Phi) is 1.77. The molecule has 1 aliphatic rings. The van der Waals surface area contributed by atoms with E-state index in [1.54, 1.807) is 0 Å². The largest absolute Gasteiger partial charge is 0.381 e. The second-order valence-electron chi connectivity index (χ2n) is 1.65. The summed E-state index contributed by atoms with van der Waals surface area (Å²) in [4.78, 5) is 1.17. The summed E-state index contributed by atoms with van der Waals surface area (Å²) in [5, 5.41) is 0. The van der Waals surface area contributed by atoms with Crippen molar-refractivity contribution in [3.05, 3.63) is 0 Å². The van der Waals surface area contributed by atoms with Crippen LogP contribution in [-0.4, -0.2) is 18.1 Å². The van der Waals surface area contributed by atoms with Gasteiger partial charge in [-0.05, 0) is 4.86 Å². The molecule has 2 heteroatoms. The molecule has 0 radical (unpaired) electrons. The van der Waals surface area contributed by atoms with Crippen molar-refractivity contribution in [2.75, 3.05) is 13.2 Å². The molecule has 0 unspecified atom stereocenters. The van der Waals surface area contributed by atoms with Crippen molar-refractivity contribution in [1.29, 1.82) is 0 Å². The lowest BCUT2D eigenvalue weighted by atomic mass is 10.2. The van der Waals surface area contributed by atoms with Gasteiger partial charge in [0.25, 0.3) is 0 Å². The summed E-state index contributed by atoms with van der Waals surface area (Å²) in [6.45, 7) is 1.69. The Labute approximate surface area is 48.7 Å². The van der Waals surface area contributed by atoms with Crippen LogP contribution in [0.4, 0.5) is 0 Å². The van der Waals surface area contributed by atoms with Crippen LogP contribution in [-0.2, 0) is 4.74 Å². The fraction of sp³-hybridized carbons (Fsp3) is 0.800. The molecule has 0 atom stereocenters. The summed E-state index contributed by atoms with van der Waals surface area (Å²) in [5.74, 6) is 0. The second-order valence-corrected chi connectivity index (χ2v) is 2.23. The standard InChI is InChI=1S/C5H8OS/c7-5-1-3-6-4-2-5/h1-4H2. The zero-order valence-electron chi connectivity index (χ0n) is 4.14. The third-order valence-electron chi connectivity index (χ3n) is 1.05. The summed E-state index contributed by atoms with van der Waals surface area (Å²) >= 11 is 4.93. The van der Waals surface area contributed by atoms with Gasteiger partial charge in [0.05, 0.1) is 13.2 Å². The van der Waals surface area contributed by atoms with Gasteiger partial charge in [0.2, 0.25) is 0 Å². The van der Waals surface area contributed by atoms with Gasteiger partial charge in [-0.15, -0.1) is 0 Å². The minimum absolute atomic E-state index is 0.846. The molecule has 0 aromatic rings. The summed E-state index contributed by atoms with van der Waals surface area (Å²) in [6, 6.07) is 0. The molecule has 0 N–H and O–H groups in total. The highest BCUT2D eigenvalue weighted by Gasteiger charge is 2.02. The Balaban J connectivity index is 2.25. The van der Waals surface area contributed by atoms with E-state index in [1.807, 2.05) is 0 Å². The van der Waals surface area contributed by atoms with E-state index in [2.05, 4.69) is 0 Å². The van der Waals surface area contributed by atoms with Crippen molar-refractivity contribution in [2.24, 2.45) is 0 Å². The molecule has 1 aliphatic heterocycles. The highest BCUT2D eigenvalue weighted by molar-refractivity contribution is 7.80. The number of ether oxygens (including phenoxy) is 1. The lowest BCUT2D eigenvalue weighted by Gasteiger charge is -2.10. The van der Waals surface area contributed by atoms with Crippen LogP contribution in [0.5, 0.6) is 0 Å². The minimum Gasteiger partial charge on any atom is -0.381 e. The maximum Gasteiger partial charge on any atom is 0.0511 e. The minimum atomic E-state index is 0.846. The van der Waals surface area contributed by atoms with Gasteiger partial charge in [-0.1, -0.05) is 12.2 Å². The van der Waals surface area contributed by atoms with Crippen LogP contribution in [0.2, 0.25) is 0 Å². The van der Waals surface area contributed by atoms with E-state index in [9.17, 15) is 0 Å². The zero-order valence-corrected chi connectivity index (χ0v) is 4.96. The number of rotatable bonds is 0. The molecule has 40 valence electrons. The molecule has 1 rings (SSSR count). The fourth-order valence-corrected chi connectivity index (χ4v) is 0.766. The molecule has 0 spiro atoms. The molecule has 1 nitrogen and oxygen atoms in total. The van der Waals surface area contributed by atoms with Crippen molar-refractivity contribution in [1.82, 2.24) is 0 Å². The molecule has 0 amide bonds. The predicted molar refractivity (Wildman–Crippen MR) is 32.7 cm³/mol. The lowest BCUT2D eigenvalue weighted by molar-refractivity contribution is 0.136. The number of thiocarbonyl (C=S) groups is 1. The van der Waals surface area contributed by atoms with Crippen LogP contribution in [0.25, 0.3) is 0 Å². The molecule has 0 aromatic heterocycles. The average Bonchev–Trinajstić information content (AvgIpc) is 1.69. The maximum absolute atomic E-state index is 5.05. The third kappa shape index (κ3) is 1.53. The van der Waals surface area contributed by atoms with Crippen molar-refractivity contribution < 1.29 is 4.74 Å². The zero-order chi connectivity index (χ0) is 5.11. The van der Waals surface area contributed by atoms with E-state index >= 15 is 0 Å².